The highest BCUT2D eigenvalue weighted by Gasteiger charge is 2.23. The van der Waals surface area contributed by atoms with Crippen LogP contribution in [0.2, 0.25) is 0 Å². The van der Waals surface area contributed by atoms with Gasteiger partial charge in [-0.3, -0.25) is 4.79 Å². The summed E-state index contributed by atoms with van der Waals surface area (Å²) >= 11 is 0.878. The zero-order valence-electron chi connectivity index (χ0n) is 18.6. The lowest BCUT2D eigenvalue weighted by Gasteiger charge is -2.29. The number of thiophene rings is 1. The number of carboxylic acid groups (broad SMARTS) is 1. The van der Waals surface area contributed by atoms with Crippen LogP contribution in [0.15, 0.2) is 30.3 Å². The maximum atomic E-state index is 12.8. The average Bonchev–Trinajstić information content (AvgIpc) is 3.37. The molecule has 3 aromatic rings. The van der Waals surface area contributed by atoms with Crippen LogP contribution in [0, 0.1) is 0 Å². The van der Waals surface area contributed by atoms with Crippen molar-refractivity contribution in [3.8, 4) is 5.75 Å². The van der Waals surface area contributed by atoms with Crippen molar-refractivity contribution in [2.45, 2.75) is 25.9 Å². The molecule has 3 heterocycles. The van der Waals surface area contributed by atoms with Gasteiger partial charge in [-0.25, -0.2) is 9.59 Å². The Morgan fingerprint density at radius 3 is 2.50 bits per heavy atom. The molecule has 1 fully saturated rings. The Hall–Kier alpha value is -3.15. The van der Waals surface area contributed by atoms with Crippen LogP contribution in [0.25, 0.3) is 10.2 Å². The number of carbonyl (C=O) groups is 3. The van der Waals surface area contributed by atoms with Gasteiger partial charge in [0.1, 0.15) is 21.6 Å². The third-order valence-electron chi connectivity index (χ3n) is 5.33. The maximum Gasteiger partial charge on any atom is 0.436 e. The smallest absolute Gasteiger partial charge is 0.436 e. The molecule has 1 aromatic carbocycles. The molecule has 2 N–H and O–H groups in total. The van der Waals surface area contributed by atoms with E-state index < -0.39 is 18.0 Å². The molecule has 0 aliphatic carbocycles. The summed E-state index contributed by atoms with van der Waals surface area (Å²) in [5, 5.41) is 16.5. The van der Waals surface area contributed by atoms with Crippen LogP contribution in [-0.4, -0.2) is 70.6 Å². The molecule has 34 heavy (non-hydrogen) atoms. The number of ether oxygens (including phenoxy) is 2. The second-order valence-corrected chi connectivity index (χ2v) is 8.72. The number of hydrogen-bond acceptors (Lipinski definition) is 8. The number of nitrogens with zero attached hydrogens (tertiary/aromatic N) is 3. The minimum Gasteiger partial charge on any atom is -0.490 e. The second kappa shape index (κ2) is 10.9. The Bertz CT molecular complexity index is 1180. The number of nitrogens with one attached hydrogen (secondary N) is 1. The molecule has 0 radical (unpaired) electrons. The third kappa shape index (κ3) is 5.49. The van der Waals surface area contributed by atoms with E-state index in [-0.39, 0.29) is 40.6 Å². The molecule has 1 saturated heterocycles. The van der Waals surface area contributed by atoms with Crippen molar-refractivity contribution in [1.29, 1.82) is 0 Å². The zero-order valence-corrected chi connectivity index (χ0v) is 20.3. The SMILES string of the molecule is CCOC(=O)n1nc(NC(=O)c2ccc(OC3CCN(C)CC3)cc2)c2cc(C(=O)O)sc21.Cl. The Balaban J connectivity index is 0.00000324. The van der Waals surface area contributed by atoms with Gasteiger partial charge in [0.2, 0.25) is 0 Å². The molecular formula is C22H25ClN4O6S. The molecule has 0 atom stereocenters. The molecular weight excluding hydrogens is 484 g/mol. The minimum absolute atomic E-state index is 0. The van der Waals surface area contributed by atoms with Crippen molar-refractivity contribution < 1.29 is 29.0 Å². The number of likely N-dealkylation sites (tertiary alicyclic amines) is 1. The predicted octanol–water partition coefficient (Wildman–Crippen LogP) is 3.95. The summed E-state index contributed by atoms with van der Waals surface area (Å²) in [7, 11) is 2.09. The Labute approximate surface area is 205 Å². The first-order valence-corrected chi connectivity index (χ1v) is 11.4. The van der Waals surface area contributed by atoms with Gasteiger partial charge in [0.05, 0.1) is 12.0 Å². The lowest BCUT2D eigenvalue weighted by molar-refractivity contribution is 0.0702. The zero-order chi connectivity index (χ0) is 23.5. The van der Waals surface area contributed by atoms with Gasteiger partial charge >= 0.3 is 12.1 Å². The summed E-state index contributed by atoms with van der Waals surface area (Å²) in [5.74, 6) is -0.805. The van der Waals surface area contributed by atoms with Crippen molar-refractivity contribution in [3.63, 3.8) is 0 Å². The second-order valence-electron chi connectivity index (χ2n) is 7.69. The molecule has 1 amide bonds. The fraction of sp³-hybridized carbons (Fsp3) is 0.364. The molecule has 0 saturated carbocycles. The molecule has 182 valence electrons. The van der Waals surface area contributed by atoms with E-state index >= 15 is 0 Å². The maximum absolute atomic E-state index is 12.8. The van der Waals surface area contributed by atoms with Gasteiger partial charge in [0.15, 0.2) is 5.82 Å². The number of halogens is 1. The van der Waals surface area contributed by atoms with Crippen LogP contribution in [0.5, 0.6) is 5.75 Å². The molecule has 0 spiro atoms. The largest absolute Gasteiger partial charge is 0.490 e. The lowest BCUT2D eigenvalue weighted by Crippen LogP contribution is -2.35. The van der Waals surface area contributed by atoms with Gasteiger partial charge < -0.3 is 24.8 Å². The summed E-state index contributed by atoms with van der Waals surface area (Å²) in [6.07, 6.45) is 1.31. The number of rotatable bonds is 6. The van der Waals surface area contributed by atoms with E-state index in [1.165, 1.54) is 6.07 Å². The molecule has 10 nitrogen and oxygen atoms in total. The normalized spacial score (nSPS) is 14.4. The number of hydrogen-bond donors (Lipinski definition) is 2. The quantitative estimate of drug-likeness (QED) is 0.513. The molecule has 12 heteroatoms. The first kappa shape index (κ1) is 25.5. The highest BCUT2D eigenvalue weighted by molar-refractivity contribution is 7.20. The highest BCUT2D eigenvalue weighted by Crippen LogP contribution is 2.32. The van der Waals surface area contributed by atoms with E-state index in [2.05, 4.69) is 22.4 Å². The summed E-state index contributed by atoms with van der Waals surface area (Å²) < 4.78 is 12.0. The van der Waals surface area contributed by atoms with E-state index in [1.54, 1.807) is 31.2 Å². The van der Waals surface area contributed by atoms with Crippen molar-refractivity contribution in [2.24, 2.45) is 0 Å². The van der Waals surface area contributed by atoms with Crippen LogP contribution in [0.1, 0.15) is 39.8 Å². The van der Waals surface area contributed by atoms with Crippen molar-refractivity contribution in [1.82, 2.24) is 14.7 Å². The summed E-state index contributed by atoms with van der Waals surface area (Å²) in [6.45, 7) is 3.76. The first-order valence-electron chi connectivity index (χ1n) is 10.5. The molecule has 4 rings (SSSR count). The molecule has 1 aliphatic heterocycles. The average molecular weight is 509 g/mol. The Morgan fingerprint density at radius 1 is 1.21 bits per heavy atom. The van der Waals surface area contributed by atoms with Crippen molar-refractivity contribution in [2.75, 3.05) is 32.1 Å². The Morgan fingerprint density at radius 2 is 1.88 bits per heavy atom. The molecule has 0 unspecified atom stereocenters. The number of benzene rings is 1. The standard InChI is InChI=1S/C22H24N4O6S.ClH/c1-3-31-22(30)26-20-16(12-17(33-20)21(28)29)18(24-26)23-19(27)13-4-6-14(7-5-13)32-15-8-10-25(2)11-9-15;/h4-7,12,15H,3,8-11H2,1-2H3,(H,28,29)(H,23,24,27);1H. The summed E-state index contributed by atoms with van der Waals surface area (Å²) in [6, 6.07) is 8.16. The van der Waals surface area contributed by atoms with Gasteiger partial charge in [0.25, 0.3) is 5.91 Å². The molecule has 0 bridgehead atoms. The number of amides is 1. The topological polar surface area (TPSA) is 123 Å². The Kier molecular flexibility index (Phi) is 8.13. The van der Waals surface area contributed by atoms with Crippen LogP contribution in [-0.2, 0) is 4.74 Å². The number of piperidine rings is 1. The summed E-state index contributed by atoms with van der Waals surface area (Å²) in [4.78, 5) is 39.0. The fourth-order valence-corrected chi connectivity index (χ4v) is 4.51. The van der Waals surface area contributed by atoms with Crippen LogP contribution < -0.4 is 10.1 Å². The molecule has 1 aliphatic rings. The van der Waals surface area contributed by atoms with Crippen LogP contribution >= 0.6 is 23.7 Å². The number of aromatic carboxylic acids is 1. The number of carbonyl (C=O) groups excluding carboxylic acids is 2. The minimum atomic E-state index is -1.14. The first-order chi connectivity index (χ1) is 15.9. The van der Waals surface area contributed by atoms with Crippen LogP contribution in [0.3, 0.4) is 0 Å². The highest BCUT2D eigenvalue weighted by atomic mass is 35.5. The number of aromatic nitrogens is 2. The van der Waals surface area contributed by atoms with E-state index in [1.807, 2.05) is 0 Å². The van der Waals surface area contributed by atoms with Gasteiger partial charge in [-0.1, -0.05) is 0 Å². The predicted molar refractivity (Wildman–Crippen MR) is 130 cm³/mol. The van der Waals surface area contributed by atoms with Gasteiger partial charge in [0, 0.05) is 18.7 Å². The fourth-order valence-electron chi connectivity index (χ4n) is 3.57. The number of anilines is 1. The van der Waals surface area contributed by atoms with Gasteiger partial charge in [-0.2, -0.15) is 4.68 Å². The third-order valence-corrected chi connectivity index (χ3v) is 6.43. The van der Waals surface area contributed by atoms with Crippen LogP contribution in [0.4, 0.5) is 10.6 Å². The van der Waals surface area contributed by atoms with E-state index in [4.69, 9.17) is 9.47 Å². The van der Waals surface area contributed by atoms with E-state index in [0.29, 0.717) is 16.7 Å². The number of fused-ring (bicyclic) bond motifs is 1. The van der Waals surface area contributed by atoms with Gasteiger partial charge in [-0.15, -0.1) is 28.8 Å². The number of carboxylic acids is 1. The van der Waals surface area contributed by atoms with Gasteiger partial charge in [-0.05, 0) is 57.1 Å². The molecule has 2 aromatic heterocycles. The van der Waals surface area contributed by atoms with E-state index in [0.717, 1.165) is 41.9 Å². The monoisotopic (exact) mass is 508 g/mol. The summed E-state index contributed by atoms with van der Waals surface area (Å²) in [5.41, 5.74) is 0.373. The van der Waals surface area contributed by atoms with Crippen molar-refractivity contribution >= 4 is 57.7 Å². The lowest BCUT2D eigenvalue weighted by atomic mass is 10.1. The van der Waals surface area contributed by atoms with E-state index in [9.17, 15) is 19.5 Å². The van der Waals surface area contributed by atoms with Crippen molar-refractivity contribution in [3.05, 3.63) is 40.8 Å².